The summed E-state index contributed by atoms with van der Waals surface area (Å²) in [5.41, 5.74) is 5.92. The molecule has 2 aliphatic rings. The van der Waals surface area contributed by atoms with E-state index in [1.165, 1.54) is 41.5 Å². The van der Waals surface area contributed by atoms with Gasteiger partial charge in [-0.05, 0) is 49.8 Å². The summed E-state index contributed by atoms with van der Waals surface area (Å²) in [4.78, 5) is 12.9. The molecule has 27 heavy (non-hydrogen) atoms. The minimum atomic E-state index is -0.0546. The lowest BCUT2D eigenvalue weighted by atomic mass is 9.82. The Labute approximate surface area is 162 Å². The standard InChI is InChI=1S/C25H29NO/c1-25(2)17-21-15-20(18-9-5-3-6-10-18)13-14-22(21)23(26-25)16-24(27)19-11-7-4-8-12-19/h3,5-6,9-10,13-16,19,26H,4,7-8,11-12,17H2,1-2H3/b23-16-. The van der Waals surface area contributed by atoms with E-state index >= 15 is 0 Å². The summed E-state index contributed by atoms with van der Waals surface area (Å²) in [6.07, 6.45) is 8.59. The smallest absolute Gasteiger partial charge is 0.160 e. The minimum absolute atomic E-state index is 0.0546. The molecule has 1 saturated carbocycles. The van der Waals surface area contributed by atoms with Crippen molar-refractivity contribution in [1.82, 2.24) is 5.32 Å². The van der Waals surface area contributed by atoms with E-state index in [0.717, 1.165) is 25.0 Å². The van der Waals surface area contributed by atoms with Crippen LogP contribution < -0.4 is 5.32 Å². The van der Waals surface area contributed by atoms with Gasteiger partial charge in [-0.3, -0.25) is 4.79 Å². The highest BCUT2D eigenvalue weighted by Crippen LogP contribution is 2.34. The van der Waals surface area contributed by atoms with E-state index in [2.05, 4.69) is 61.6 Å². The van der Waals surface area contributed by atoms with Crippen molar-refractivity contribution in [2.45, 2.75) is 57.9 Å². The maximum Gasteiger partial charge on any atom is 0.160 e. The summed E-state index contributed by atoms with van der Waals surface area (Å²) in [5.74, 6) is 0.512. The molecule has 0 radical (unpaired) electrons. The monoisotopic (exact) mass is 359 g/mol. The van der Waals surface area contributed by atoms with E-state index in [1.54, 1.807) is 0 Å². The van der Waals surface area contributed by atoms with Crippen molar-refractivity contribution in [3.05, 3.63) is 65.7 Å². The van der Waals surface area contributed by atoms with Crippen LogP contribution in [0.25, 0.3) is 16.8 Å². The van der Waals surface area contributed by atoms with Gasteiger partial charge in [-0.15, -0.1) is 0 Å². The van der Waals surface area contributed by atoms with Crippen LogP contribution in [-0.4, -0.2) is 11.3 Å². The van der Waals surface area contributed by atoms with Crippen molar-refractivity contribution in [3.8, 4) is 11.1 Å². The zero-order valence-electron chi connectivity index (χ0n) is 16.4. The number of allylic oxidation sites excluding steroid dienone is 1. The Hall–Kier alpha value is -2.35. The fraction of sp³-hybridized carbons (Fsp3) is 0.400. The molecule has 1 heterocycles. The van der Waals surface area contributed by atoms with Gasteiger partial charge in [-0.25, -0.2) is 0 Å². The zero-order chi connectivity index (χ0) is 18.9. The number of fused-ring (bicyclic) bond motifs is 1. The summed E-state index contributed by atoms with van der Waals surface area (Å²) in [6, 6.07) is 17.2. The first kappa shape index (κ1) is 18.0. The van der Waals surface area contributed by atoms with Crippen LogP contribution in [0, 0.1) is 5.92 Å². The van der Waals surface area contributed by atoms with Gasteiger partial charge in [0.15, 0.2) is 5.78 Å². The molecule has 2 heteroatoms. The predicted molar refractivity (Wildman–Crippen MR) is 112 cm³/mol. The largest absolute Gasteiger partial charge is 0.379 e. The van der Waals surface area contributed by atoms with Crippen molar-refractivity contribution in [3.63, 3.8) is 0 Å². The molecular weight excluding hydrogens is 330 g/mol. The summed E-state index contributed by atoms with van der Waals surface area (Å²) >= 11 is 0. The highest BCUT2D eigenvalue weighted by Gasteiger charge is 2.29. The van der Waals surface area contributed by atoms with Crippen LogP contribution in [0.1, 0.15) is 57.1 Å². The summed E-state index contributed by atoms with van der Waals surface area (Å²) in [7, 11) is 0. The molecule has 1 N–H and O–H groups in total. The highest BCUT2D eigenvalue weighted by atomic mass is 16.1. The second-order valence-electron chi connectivity index (χ2n) is 8.72. The second kappa shape index (κ2) is 7.34. The zero-order valence-corrected chi connectivity index (χ0v) is 16.4. The maximum atomic E-state index is 12.9. The van der Waals surface area contributed by atoms with Gasteiger partial charge < -0.3 is 5.32 Å². The third kappa shape index (κ3) is 4.00. The predicted octanol–water partition coefficient (Wildman–Crippen LogP) is 5.77. The molecule has 0 unspecified atom stereocenters. The summed E-state index contributed by atoms with van der Waals surface area (Å²) in [6.45, 7) is 4.42. The molecule has 4 rings (SSSR count). The Morgan fingerprint density at radius 1 is 1.00 bits per heavy atom. The van der Waals surface area contributed by atoms with Crippen LogP contribution >= 0.6 is 0 Å². The molecule has 2 aromatic carbocycles. The van der Waals surface area contributed by atoms with Gasteiger partial charge in [0, 0.05) is 28.8 Å². The second-order valence-corrected chi connectivity index (χ2v) is 8.72. The lowest BCUT2D eigenvalue weighted by molar-refractivity contribution is -0.119. The van der Waals surface area contributed by atoms with Crippen LogP contribution in [0.5, 0.6) is 0 Å². The van der Waals surface area contributed by atoms with Gasteiger partial charge in [0.1, 0.15) is 0 Å². The van der Waals surface area contributed by atoms with Crippen LogP contribution in [0.2, 0.25) is 0 Å². The number of benzene rings is 2. The summed E-state index contributed by atoms with van der Waals surface area (Å²) in [5, 5.41) is 3.62. The average Bonchev–Trinajstić information content (AvgIpc) is 2.68. The van der Waals surface area contributed by atoms with Crippen LogP contribution in [-0.2, 0) is 11.2 Å². The third-order valence-electron chi connectivity index (χ3n) is 5.90. The van der Waals surface area contributed by atoms with Crippen molar-refractivity contribution in [2.24, 2.45) is 5.92 Å². The number of hydrogen-bond donors (Lipinski definition) is 1. The Morgan fingerprint density at radius 2 is 1.74 bits per heavy atom. The highest BCUT2D eigenvalue weighted by molar-refractivity contribution is 5.98. The minimum Gasteiger partial charge on any atom is -0.379 e. The SMILES string of the molecule is CC1(C)Cc2cc(-c3ccccc3)ccc2/C(=C/C(=O)C2CCCCC2)N1. The number of hydrogen-bond acceptors (Lipinski definition) is 2. The van der Waals surface area contributed by atoms with E-state index in [0.29, 0.717) is 5.78 Å². The maximum absolute atomic E-state index is 12.9. The number of rotatable bonds is 3. The van der Waals surface area contributed by atoms with Gasteiger partial charge in [-0.2, -0.15) is 0 Å². The van der Waals surface area contributed by atoms with E-state index in [1.807, 2.05) is 12.1 Å². The van der Waals surface area contributed by atoms with E-state index in [-0.39, 0.29) is 11.5 Å². The van der Waals surface area contributed by atoms with Gasteiger partial charge >= 0.3 is 0 Å². The topological polar surface area (TPSA) is 29.1 Å². The molecular formula is C25H29NO. The molecule has 0 amide bonds. The Bertz CT molecular complexity index is 857. The molecule has 2 aromatic rings. The van der Waals surface area contributed by atoms with Crippen molar-refractivity contribution in [1.29, 1.82) is 0 Å². The number of ketones is 1. The van der Waals surface area contributed by atoms with Gasteiger partial charge in [0.2, 0.25) is 0 Å². The first-order chi connectivity index (χ1) is 13.0. The molecule has 0 aromatic heterocycles. The molecule has 1 aliphatic heterocycles. The molecule has 2 nitrogen and oxygen atoms in total. The molecule has 0 atom stereocenters. The molecule has 0 spiro atoms. The van der Waals surface area contributed by atoms with Crippen LogP contribution in [0.15, 0.2) is 54.6 Å². The van der Waals surface area contributed by atoms with E-state index < -0.39 is 0 Å². The van der Waals surface area contributed by atoms with Crippen LogP contribution in [0.3, 0.4) is 0 Å². The van der Waals surface area contributed by atoms with E-state index in [9.17, 15) is 4.79 Å². The number of carbonyl (C=O) groups is 1. The Balaban J connectivity index is 1.69. The molecule has 140 valence electrons. The van der Waals surface area contributed by atoms with E-state index in [4.69, 9.17) is 0 Å². The number of carbonyl (C=O) groups excluding carboxylic acids is 1. The fourth-order valence-corrected chi connectivity index (χ4v) is 4.53. The molecule has 1 fully saturated rings. The van der Waals surface area contributed by atoms with Crippen molar-refractivity contribution < 1.29 is 4.79 Å². The lowest BCUT2D eigenvalue weighted by Crippen LogP contribution is -2.44. The fourth-order valence-electron chi connectivity index (χ4n) is 4.53. The molecule has 0 bridgehead atoms. The lowest BCUT2D eigenvalue weighted by Gasteiger charge is -2.36. The van der Waals surface area contributed by atoms with Crippen molar-refractivity contribution >= 4 is 11.5 Å². The first-order valence-electron chi connectivity index (χ1n) is 10.2. The third-order valence-corrected chi connectivity index (χ3v) is 5.90. The average molecular weight is 360 g/mol. The number of nitrogens with one attached hydrogen (secondary N) is 1. The summed E-state index contributed by atoms with van der Waals surface area (Å²) < 4.78 is 0. The first-order valence-corrected chi connectivity index (χ1v) is 10.2. The normalized spacial score (nSPS) is 20.7. The van der Waals surface area contributed by atoms with Gasteiger partial charge in [-0.1, -0.05) is 67.8 Å². The van der Waals surface area contributed by atoms with Gasteiger partial charge in [0.05, 0.1) is 0 Å². The Morgan fingerprint density at radius 3 is 2.48 bits per heavy atom. The Kier molecular flexibility index (Phi) is 4.90. The molecule has 1 aliphatic carbocycles. The van der Waals surface area contributed by atoms with Crippen molar-refractivity contribution in [2.75, 3.05) is 0 Å². The molecule has 0 saturated heterocycles. The van der Waals surface area contributed by atoms with Gasteiger partial charge in [0.25, 0.3) is 0 Å². The van der Waals surface area contributed by atoms with Crippen LogP contribution in [0.4, 0.5) is 0 Å². The quantitative estimate of drug-likeness (QED) is 0.705.